The number of morpholine rings is 1. The van der Waals surface area contributed by atoms with Crippen LogP contribution in [-0.4, -0.2) is 56.5 Å². The van der Waals surface area contributed by atoms with Crippen molar-refractivity contribution in [2.45, 2.75) is 4.90 Å². The van der Waals surface area contributed by atoms with Gasteiger partial charge in [0, 0.05) is 28.5 Å². The summed E-state index contributed by atoms with van der Waals surface area (Å²) >= 11 is 4.63. The minimum Gasteiger partial charge on any atom is -0.484 e. The van der Waals surface area contributed by atoms with Crippen molar-refractivity contribution in [2.75, 3.05) is 38.2 Å². The number of sulfonamides is 1. The molecule has 1 N–H and O–H groups in total. The molecule has 0 saturated carbocycles. The molecule has 3 aromatic rings. The summed E-state index contributed by atoms with van der Waals surface area (Å²) in [5.74, 6) is 0.274. The fourth-order valence-corrected chi connectivity index (χ4v) is 5.44. The highest BCUT2D eigenvalue weighted by atomic mass is 79.9. The maximum atomic E-state index is 12.7. The third-order valence-electron chi connectivity index (χ3n) is 4.69. The standard InChI is InChI=1S/C21H20BrN3O5S2/c22-16-3-5-17(6-4-16)30-13-20(26)24-21-23-19(14-31-21)15-1-7-18(8-2-15)32(27,28)25-9-11-29-12-10-25/h1-8,14H,9-13H2,(H,23,24,26). The number of thiazole rings is 1. The molecule has 0 spiro atoms. The first-order valence-corrected chi connectivity index (χ1v) is 12.9. The number of ether oxygens (including phenoxy) is 2. The fraction of sp³-hybridized carbons (Fsp3) is 0.238. The molecular formula is C21H20BrN3O5S2. The van der Waals surface area contributed by atoms with Crippen molar-refractivity contribution in [2.24, 2.45) is 0 Å². The van der Waals surface area contributed by atoms with Gasteiger partial charge in [-0.05, 0) is 36.4 Å². The van der Waals surface area contributed by atoms with Crippen LogP contribution in [-0.2, 0) is 19.6 Å². The van der Waals surface area contributed by atoms with Crippen LogP contribution < -0.4 is 10.1 Å². The van der Waals surface area contributed by atoms with Gasteiger partial charge in [0.2, 0.25) is 10.0 Å². The largest absolute Gasteiger partial charge is 0.484 e. The number of nitrogens with zero attached hydrogens (tertiary/aromatic N) is 2. The summed E-state index contributed by atoms with van der Waals surface area (Å²) in [6, 6.07) is 13.8. The second-order valence-electron chi connectivity index (χ2n) is 6.87. The lowest BCUT2D eigenvalue weighted by molar-refractivity contribution is -0.118. The van der Waals surface area contributed by atoms with E-state index < -0.39 is 10.0 Å². The summed E-state index contributed by atoms with van der Waals surface area (Å²) in [5, 5.41) is 4.95. The SMILES string of the molecule is O=C(COc1ccc(Br)cc1)Nc1nc(-c2ccc(S(=O)(=O)N3CCOCC3)cc2)cs1. The van der Waals surface area contributed by atoms with Crippen LogP contribution in [0.4, 0.5) is 5.13 Å². The van der Waals surface area contributed by atoms with Crippen LogP contribution in [0, 0.1) is 0 Å². The van der Waals surface area contributed by atoms with E-state index in [0.29, 0.717) is 42.9 Å². The number of benzene rings is 2. The maximum absolute atomic E-state index is 12.7. The zero-order valence-corrected chi connectivity index (χ0v) is 20.1. The summed E-state index contributed by atoms with van der Waals surface area (Å²) in [4.78, 5) is 16.8. The number of hydrogen-bond donors (Lipinski definition) is 1. The first-order chi connectivity index (χ1) is 15.4. The Bertz CT molecular complexity index is 1170. The number of hydrogen-bond acceptors (Lipinski definition) is 7. The average Bonchev–Trinajstić information content (AvgIpc) is 3.28. The summed E-state index contributed by atoms with van der Waals surface area (Å²) in [7, 11) is -3.54. The van der Waals surface area contributed by atoms with E-state index in [1.165, 1.54) is 15.6 Å². The van der Waals surface area contributed by atoms with Crippen molar-refractivity contribution < 1.29 is 22.7 Å². The molecule has 2 heterocycles. The van der Waals surface area contributed by atoms with E-state index in [1.54, 1.807) is 41.8 Å². The minimum atomic E-state index is -3.54. The number of anilines is 1. The van der Waals surface area contributed by atoms with Crippen molar-refractivity contribution in [1.29, 1.82) is 0 Å². The first-order valence-electron chi connectivity index (χ1n) is 9.74. The molecule has 168 valence electrons. The van der Waals surface area contributed by atoms with E-state index in [0.717, 1.165) is 10.0 Å². The molecule has 1 aliphatic rings. The van der Waals surface area contributed by atoms with E-state index in [9.17, 15) is 13.2 Å². The molecule has 0 unspecified atom stereocenters. The van der Waals surface area contributed by atoms with Gasteiger partial charge in [-0.2, -0.15) is 4.31 Å². The van der Waals surface area contributed by atoms with Gasteiger partial charge in [0.25, 0.3) is 5.91 Å². The Morgan fingerprint density at radius 2 is 1.81 bits per heavy atom. The predicted molar refractivity (Wildman–Crippen MR) is 125 cm³/mol. The van der Waals surface area contributed by atoms with Gasteiger partial charge in [0.15, 0.2) is 11.7 Å². The zero-order valence-electron chi connectivity index (χ0n) is 16.9. The van der Waals surface area contributed by atoms with E-state index in [-0.39, 0.29) is 17.4 Å². The molecule has 8 nitrogen and oxygen atoms in total. The highest BCUT2D eigenvalue weighted by Crippen LogP contribution is 2.27. The average molecular weight is 538 g/mol. The van der Waals surface area contributed by atoms with Gasteiger partial charge in [-0.25, -0.2) is 13.4 Å². The molecule has 0 aliphatic carbocycles. The van der Waals surface area contributed by atoms with Gasteiger partial charge in [-0.1, -0.05) is 28.1 Å². The maximum Gasteiger partial charge on any atom is 0.264 e. The number of carbonyl (C=O) groups is 1. The Hall–Kier alpha value is -2.31. The van der Waals surface area contributed by atoms with Crippen molar-refractivity contribution in [1.82, 2.24) is 9.29 Å². The number of amides is 1. The first kappa shape index (κ1) is 22.9. The second kappa shape index (κ2) is 10.1. The van der Waals surface area contributed by atoms with Crippen LogP contribution in [0.1, 0.15) is 0 Å². The van der Waals surface area contributed by atoms with Gasteiger partial charge >= 0.3 is 0 Å². The Balaban J connectivity index is 1.36. The molecule has 0 radical (unpaired) electrons. The molecular weight excluding hydrogens is 518 g/mol. The predicted octanol–water partition coefficient (Wildman–Crippen LogP) is 3.61. The van der Waals surface area contributed by atoms with E-state index in [2.05, 4.69) is 26.2 Å². The molecule has 1 fully saturated rings. The number of aromatic nitrogens is 1. The van der Waals surface area contributed by atoms with Crippen LogP contribution in [0.15, 0.2) is 63.3 Å². The minimum absolute atomic E-state index is 0.134. The fourth-order valence-electron chi connectivity index (χ4n) is 3.03. The normalized spacial score (nSPS) is 14.8. The number of nitrogens with one attached hydrogen (secondary N) is 1. The lowest BCUT2D eigenvalue weighted by atomic mass is 10.2. The Morgan fingerprint density at radius 3 is 2.50 bits per heavy atom. The van der Waals surface area contributed by atoms with Crippen molar-refractivity contribution in [3.63, 3.8) is 0 Å². The van der Waals surface area contributed by atoms with Crippen LogP contribution in [0.5, 0.6) is 5.75 Å². The molecule has 0 bridgehead atoms. The summed E-state index contributed by atoms with van der Waals surface area (Å²) in [6.45, 7) is 1.37. The lowest BCUT2D eigenvalue weighted by Crippen LogP contribution is -2.40. The lowest BCUT2D eigenvalue weighted by Gasteiger charge is -2.26. The van der Waals surface area contributed by atoms with Crippen LogP contribution in [0.25, 0.3) is 11.3 Å². The van der Waals surface area contributed by atoms with Gasteiger partial charge in [0.1, 0.15) is 5.75 Å². The summed E-state index contributed by atoms with van der Waals surface area (Å²) in [5.41, 5.74) is 1.41. The van der Waals surface area contributed by atoms with Crippen molar-refractivity contribution >= 4 is 48.3 Å². The molecule has 2 aromatic carbocycles. The highest BCUT2D eigenvalue weighted by Gasteiger charge is 2.26. The molecule has 1 aromatic heterocycles. The summed E-state index contributed by atoms with van der Waals surface area (Å²) < 4.78 is 38.5. The molecule has 11 heteroatoms. The van der Waals surface area contributed by atoms with Crippen molar-refractivity contribution in [3.8, 4) is 17.0 Å². The second-order valence-corrected chi connectivity index (χ2v) is 10.6. The highest BCUT2D eigenvalue weighted by molar-refractivity contribution is 9.10. The zero-order chi connectivity index (χ0) is 22.6. The Labute approximate surface area is 198 Å². The van der Waals surface area contributed by atoms with Crippen LogP contribution in [0.3, 0.4) is 0 Å². The van der Waals surface area contributed by atoms with Crippen molar-refractivity contribution in [3.05, 3.63) is 58.4 Å². The monoisotopic (exact) mass is 537 g/mol. The van der Waals surface area contributed by atoms with Gasteiger partial charge < -0.3 is 9.47 Å². The summed E-state index contributed by atoms with van der Waals surface area (Å²) in [6.07, 6.45) is 0. The van der Waals surface area contributed by atoms with Gasteiger partial charge in [-0.15, -0.1) is 11.3 Å². The molecule has 4 rings (SSSR count). The molecule has 1 amide bonds. The Kier molecular flexibility index (Phi) is 7.21. The van der Waals surface area contributed by atoms with Gasteiger partial charge in [0.05, 0.1) is 23.8 Å². The molecule has 1 saturated heterocycles. The molecule has 0 atom stereocenters. The van der Waals surface area contributed by atoms with E-state index >= 15 is 0 Å². The smallest absolute Gasteiger partial charge is 0.264 e. The molecule has 32 heavy (non-hydrogen) atoms. The number of carbonyl (C=O) groups excluding carboxylic acids is 1. The van der Waals surface area contributed by atoms with E-state index in [4.69, 9.17) is 9.47 Å². The number of rotatable bonds is 7. The number of halogens is 1. The van der Waals surface area contributed by atoms with Crippen LogP contribution >= 0.6 is 27.3 Å². The van der Waals surface area contributed by atoms with E-state index in [1.807, 2.05) is 12.1 Å². The quantitative estimate of drug-likeness (QED) is 0.494. The topological polar surface area (TPSA) is 97.8 Å². The third kappa shape index (κ3) is 5.54. The Morgan fingerprint density at radius 1 is 1.12 bits per heavy atom. The third-order valence-corrected chi connectivity index (χ3v) is 7.89. The van der Waals surface area contributed by atoms with Crippen LogP contribution in [0.2, 0.25) is 0 Å². The molecule has 1 aliphatic heterocycles. The van der Waals surface area contributed by atoms with Gasteiger partial charge in [-0.3, -0.25) is 10.1 Å².